The number of hydrogen-bond acceptors (Lipinski definition) is 9. The summed E-state index contributed by atoms with van der Waals surface area (Å²) in [5.74, 6) is -1.59. The molecule has 5 rings (SSSR count). The fraction of sp³-hybridized carbons (Fsp3) is 0.667. The largest absolute Gasteiger partial charge is 0.449 e. The van der Waals surface area contributed by atoms with E-state index in [2.05, 4.69) is 10.6 Å². The summed E-state index contributed by atoms with van der Waals surface area (Å²) in [6.07, 6.45) is 8.71. The normalized spacial score (nSPS) is 23.1. The number of ether oxygens (including phenoxy) is 3. The molecular formula is C39H54FN3O9. The Balaban J connectivity index is 1.24. The summed E-state index contributed by atoms with van der Waals surface area (Å²) < 4.78 is 34.9. The molecule has 3 atom stereocenters. The number of carbonyl (C=O) groups excluding carboxylic acids is 5. The Morgan fingerprint density at radius 2 is 1.69 bits per heavy atom. The number of nitrogens with one attached hydrogen (secondary N) is 2. The monoisotopic (exact) mass is 727 g/mol. The van der Waals surface area contributed by atoms with Crippen LogP contribution in [0.1, 0.15) is 115 Å². The van der Waals surface area contributed by atoms with Crippen molar-refractivity contribution in [1.82, 2.24) is 10.2 Å². The van der Waals surface area contributed by atoms with Gasteiger partial charge in [-0.1, -0.05) is 39.0 Å². The van der Waals surface area contributed by atoms with Gasteiger partial charge in [-0.05, 0) is 101 Å². The number of furan rings is 1. The second kappa shape index (κ2) is 17.6. The highest BCUT2D eigenvalue weighted by atomic mass is 19.1. The standard InChI is InChI=1S/C39H54FN3O9/c1-5-9-33(44)49-23-50-37(47)32-21-27-20-28(16-17-31(27)51-32)41-35(45)34-29(24-10-7-6-8-11-24)18-19-43(34)36(46)26-14-12-25(13-15-26)30(22-40)42-38(48)52-39(2,3)4/h16-17,20-21,24-26,29-30,34H,5-15,18-19,22-23H2,1-4H3,(H,41,45)(H,42,48)/t25-,26-,29-,30?,34-/m0/s1. The molecule has 3 amide bonds. The predicted molar refractivity (Wildman–Crippen MR) is 191 cm³/mol. The molecule has 13 heteroatoms. The number of hydrogen-bond donors (Lipinski definition) is 2. The van der Waals surface area contributed by atoms with E-state index >= 15 is 0 Å². The van der Waals surface area contributed by atoms with Gasteiger partial charge in [0.15, 0.2) is 0 Å². The van der Waals surface area contributed by atoms with E-state index in [0.29, 0.717) is 61.2 Å². The smallest absolute Gasteiger partial charge is 0.407 e. The summed E-state index contributed by atoms with van der Waals surface area (Å²) in [5, 5.41) is 6.31. The molecule has 2 aromatic rings. The second-order valence-electron chi connectivity index (χ2n) is 15.5. The number of likely N-dealkylation sites (tertiary alicyclic amines) is 1. The number of benzene rings is 1. The van der Waals surface area contributed by atoms with E-state index in [9.17, 15) is 28.4 Å². The van der Waals surface area contributed by atoms with E-state index in [4.69, 9.17) is 18.6 Å². The summed E-state index contributed by atoms with van der Waals surface area (Å²) in [6, 6.07) is 5.25. The van der Waals surface area contributed by atoms with E-state index in [1.54, 1.807) is 43.9 Å². The molecule has 0 radical (unpaired) electrons. The summed E-state index contributed by atoms with van der Waals surface area (Å²) in [6.45, 7) is 6.38. The molecule has 1 aromatic carbocycles. The molecule has 2 N–H and O–H groups in total. The Morgan fingerprint density at radius 1 is 0.962 bits per heavy atom. The highest BCUT2D eigenvalue weighted by molar-refractivity contribution is 6.00. The Kier molecular flexibility index (Phi) is 13.2. The average molecular weight is 728 g/mol. The zero-order valence-electron chi connectivity index (χ0n) is 30.9. The molecule has 12 nitrogen and oxygen atoms in total. The maximum Gasteiger partial charge on any atom is 0.407 e. The van der Waals surface area contributed by atoms with Crippen molar-refractivity contribution in [3.05, 3.63) is 30.0 Å². The number of amides is 3. The first kappa shape index (κ1) is 39.1. The van der Waals surface area contributed by atoms with Crippen LogP contribution in [0.4, 0.5) is 14.9 Å². The molecule has 2 saturated carbocycles. The van der Waals surface area contributed by atoms with E-state index in [0.717, 1.165) is 32.1 Å². The SMILES string of the molecule is CCCC(=O)OCOC(=O)c1cc2cc(NC(=O)[C@@H]3[C@H](C4CCCCC4)CCN3C(=O)[C@H]3CC[C@H](C(CF)NC(=O)OC(C)(C)C)CC3)ccc2o1. The first-order valence-electron chi connectivity index (χ1n) is 18.9. The van der Waals surface area contributed by atoms with Crippen molar-refractivity contribution in [2.75, 3.05) is 25.3 Å². The van der Waals surface area contributed by atoms with Gasteiger partial charge in [0.05, 0.1) is 6.04 Å². The number of anilines is 1. The van der Waals surface area contributed by atoms with Gasteiger partial charge in [-0.2, -0.15) is 0 Å². The van der Waals surface area contributed by atoms with Crippen molar-refractivity contribution in [3.8, 4) is 0 Å². The molecule has 286 valence electrons. The lowest BCUT2D eigenvalue weighted by molar-refractivity contribution is -0.152. The van der Waals surface area contributed by atoms with Crippen LogP contribution in [0, 0.1) is 23.7 Å². The van der Waals surface area contributed by atoms with Crippen molar-refractivity contribution >= 4 is 46.5 Å². The minimum absolute atomic E-state index is 0.0392. The van der Waals surface area contributed by atoms with Crippen molar-refractivity contribution in [2.45, 2.75) is 122 Å². The van der Waals surface area contributed by atoms with Crippen molar-refractivity contribution in [2.24, 2.45) is 23.7 Å². The van der Waals surface area contributed by atoms with Crippen LogP contribution in [-0.4, -0.2) is 72.4 Å². The lowest BCUT2D eigenvalue weighted by Gasteiger charge is -2.37. The molecule has 1 aliphatic heterocycles. The average Bonchev–Trinajstić information content (AvgIpc) is 3.75. The third-order valence-corrected chi connectivity index (χ3v) is 10.7. The van der Waals surface area contributed by atoms with Gasteiger partial charge in [0.1, 0.15) is 23.9 Å². The number of alkyl carbamates (subject to hydrolysis) is 1. The number of fused-ring (bicyclic) bond motifs is 1. The van der Waals surface area contributed by atoms with Gasteiger partial charge in [-0.25, -0.2) is 14.0 Å². The lowest BCUT2D eigenvalue weighted by atomic mass is 9.76. The molecule has 52 heavy (non-hydrogen) atoms. The zero-order chi connectivity index (χ0) is 37.4. The van der Waals surface area contributed by atoms with Gasteiger partial charge in [0, 0.05) is 30.0 Å². The van der Waals surface area contributed by atoms with Crippen LogP contribution in [0.5, 0.6) is 0 Å². The quantitative estimate of drug-likeness (QED) is 0.169. The minimum atomic E-state index is -0.782. The summed E-state index contributed by atoms with van der Waals surface area (Å²) in [4.78, 5) is 66.5. The summed E-state index contributed by atoms with van der Waals surface area (Å²) in [5.41, 5.74) is 0.225. The van der Waals surface area contributed by atoms with Crippen LogP contribution in [0.25, 0.3) is 11.0 Å². The van der Waals surface area contributed by atoms with Gasteiger partial charge in [-0.15, -0.1) is 0 Å². The highest BCUT2D eigenvalue weighted by Crippen LogP contribution is 2.41. The van der Waals surface area contributed by atoms with Crippen LogP contribution >= 0.6 is 0 Å². The van der Waals surface area contributed by atoms with E-state index < -0.39 is 49.2 Å². The summed E-state index contributed by atoms with van der Waals surface area (Å²) >= 11 is 0. The Hall–Kier alpha value is -4.16. The Bertz CT molecular complexity index is 1570. The lowest BCUT2D eigenvalue weighted by Crippen LogP contribution is -2.50. The number of halogens is 1. The summed E-state index contributed by atoms with van der Waals surface area (Å²) in [7, 11) is 0. The van der Waals surface area contributed by atoms with Crippen molar-refractivity contribution < 1.29 is 47.0 Å². The van der Waals surface area contributed by atoms with Crippen LogP contribution in [0.15, 0.2) is 28.7 Å². The number of esters is 2. The third-order valence-electron chi connectivity index (χ3n) is 10.7. The zero-order valence-corrected chi connectivity index (χ0v) is 30.9. The molecule has 3 fully saturated rings. The molecule has 3 aliphatic rings. The maximum absolute atomic E-state index is 14.2. The fourth-order valence-electron chi connectivity index (χ4n) is 8.13. The first-order chi connectivity index (χ1) is 24.9. The van der Waals surface area contributed by atoms with Crippen molar-refractivity contribution in [1.29, 1.82) is 0 Å². The van der Waals surface area contributed by atoms with Crippen LogP contribution in [0.2, 0.25) is 0 Å². The van der Waals surface area contributed by atoms with Gasteiger partial charge < -0.3 is 34.2 Å². The van der Waals surface area contributed by atoms with Crippen LogP contribution in [-0.2, 0) is 28.6 Å². The van der Waals surface area contributed by atoms with E-state index in [-0.39, 0.29) is 41.7 Å². The van der Waals surface area contributed by atoms with Gasteiger partial charge in [-0.3, -0.25) is 14.4 Å². The van der Waals surface area contributed by atoms with Gasteiger partial charge in [0.25, 0.3) is 0 Å². The topological polar surface area (TPSA) is 153 Å². The molecule has 1 aromatic heterocycles. The maximum atomic E-state index is 14.2. The molecule has 1 unspecified atom stereocenters. The Labute approximate surface area is 304 Å². The molecule has 2 aliphatic carbocycles. The van der Waals surface area contributed by atoms with Crippen LogP contribution < -0.4 is 10.6 Å². The van der Waals surface area contributed by atoms with Crippen LogP contribution in [0.3, 0.4) is 0 Å². The molecule has 1 saturated heterocycles. The fourth-order valence-corrected chi connectivity index (χ4v) is 8.13. The number of nitrogens with zero attached hydrogens (tertiary/aromatic N) is 1. The number of carbonyl (C=O) groups is 5. The first-order valence-corrected chi connectivity index (χ1v) is 18.9. The molecule has 2 heterocycles. The molecular weight excluding hydrogens is 673 g/mol. The highest BCUT2D eigenvalue weighted by Gasteiger charge is 2.47. The van der Waals surface area contributed by atoms with Gasteiger partial charge >= 0.3 is 18.0 Å². The number of rotatable bonds is 12. The third kappa shape index (κ3) is 10.0. The minimum Gasteiger partial charge on any atom is -0.449 e. The molecule has 0 spiro atoms. The van der Waals surface area contributed by atoms with E-state index in [1.807, 2.05) is 6.92 Å². The predicted octanol–water partition coefficient (Wildman–Crippen LogP) is 7.30. The van der Waals surface area contributed by atoms with Crippen molar-refractivity contribution in [3.63, 3.8) is 0 Å². The Morgan fingerprint density at radius 3 is 2.37 bits per heavy atom. The second-order valence-corrected chi connectivity index (χ2v) is 15.5. The van der Waals surface area contributed by atoms with E-state index in [1.165, 1.54) is 12.5 Å². The number of alkyl halides is 1. The molecule has 0 bridgehead atoms. The van der Waals surface area contributed by atoms with Gasteiger partial charge in [0.2, 0.25) is 24.4 Å².